The van der Waals surface area contributed by atoms with E-state index in [0.29, 0.717) is 5.56 Å². The Labute approximate surface area is 115 Å². The highest BCUT2D eigenvalue weighted by molar-refractivity contribution is 7.89. The van der Waals surface area contributed by atoms with Crippen molar-refractivity contribution in [2.75, 3.05) is 6.61 Å². The summed E-state index contributed by atoms with van der Waals surface area (Å²) in [7, 11) is -3.98. The molecule has 2 rings (SSSR count). The summed E-state index contributed by atoms with van der Waals surface area (Å²) in [5, 5.41) is 8.90. The van der Waals surface area contributed by atoms with Crippen LogP contribution in [0.2, 0.25) is 0 Å². The van der Waals surface area contributed by atoms with Gasteiger partial charge >= 0.3 is 11.9 Å². The second kappa shape index (κ2) is 5.22. The van der Waals surface area contributed by atoms with Crippen molar-refractivity contribution in [3.63, 3.8) is 0 Å². The van der Waals surface area contributed by atoms with Gasteiger partial charge in [0, 0.05) is 6.42 Å². The first-order chi connectivity index (χ1) is 9.31. The van der Waals surface area contributed by atoms with Crippen LogP contribution in [0.25, 0.3) is 0 Å². The molecule has 1 aromatic carbocycles. The van der Waals surface area contributed by atoms with Gasteiger partial charge in [-0.05, 0) is 24.6 Å². The molecule has 8 heteroatoms. The summed E-state index contributed by atoms with van der Waals surface area (Å²) in [5.41, 5.74) is 0.263. The average Bonchev–Trinajstić information content (AvgIpc) is 2.74. The summed E-state index contributed by atoms with van der Waals surface area (Å²) in [5.74, 6) is -1.85. The lowest BCUT2D eigenvalue weighted by atomic mass is 10.1. The monoisotopic (exact) mass is 299 g/mol. The van der Waals surface area contributed by atoms with Crippen molar-refractivity contribution in [3.8, 4) is 0 Å². The van der Waals surface area contributed by atoms with Crippen molar-refractivity contribution in [2.24, 2.45) is 0 Å². The molecule has 2 N–H and O–H groups in total. The van der Waals surface area contributed by atoms with Crippen LogP contribution >= 0.6 is 0 Å². The van der Waals surface area contributed by atoms with E-state index in [0.717, 1.165) is 6.07 Å². The van der Waals surface area contributed by atoms with Gasteiger partial charge in [-0.15, -0.1) is 0 Å². The lowest BCUT2D eigenvalue weighted by molar-refractivity contribution is -0.139. The number of benzene rings is 1. The van der Waals surface area contributed by atoms with Crippen LogP contribution in [0.5, 0.6) is 0 Å². The zero-order valence-electron chi connectivity index (χ0n) is 10.6. The molecule has 7 nitrogen and oxygen atoms in total. The standard InChI is InChI=1S/C12H13NO6S/c1-7-2-3-8(11(14)15)6-10(7)20(17,18)13-9-4-5-19-12(9)16/h2-3,6,9,13H,4-5H2,1H3,(H,14,15). The molecule has 0 saturated carbocycles. The van der Waals surface area contributed by atoms with Crippen molar-refractivity contribution in [3.05, 3.63) is 29.3 Å². The number of rotatable bonds is 4. The molecule has 1 unspecified atom stereocenters. The van der Waals surface area contributed by atoms with Gasteiger partial charge in [-0.3, -0.25) is 4.79 Å². The molecule has 1 aliphatic heterocycles. The third kappa shape index (κ3) is 2.81. The van der Waals surface area contributed by atoms with Crippen LogP contribution in [-0.4, -0.2) is 38.1 Å². The molecular weight excluding hydrogens is 286 g/mol. The van der Waals surface area contributed by atoms with Gasteiger partial charge in [-0.25, -0.2) is 13.2 Å². The number of ether oxygens (including phenoxy) is 1. The molecule has 1 aliphatic rings. The zero-order chi connectivity index (χ0) is 14.9. The number of esters is 1. The van der Waals surface area contributed by atoms with Gasteiger partial charge in [0.1, 0.15) is 6.04 Å². The summed E-state index contributed by atoms with van der Waals surface area (Å²) in [4.78, 5) is 22.0. The zero-order valence-corrected chi connectivity index (χ0v) is 11.4. The van der Waals surface area contributed by atoms with Crippen molar-refractivity contribution in [1.29, 1.82) is 0 Å². The molecule has 1 saturated heterocycles. The quantitative estimate of drug-likeness (QED) is 0.773. The Hall–Kier alpha value is -1.93. The van der Waals surface area contributed by atoms with Gasteiger partial charge in [-0.2, -0.15) is 4.72 Å². The fourth-order valence-electron chi connectivity index (χ4n) is 1.88. The van der Waals surface area contributed by atoms with Crippen molar-refractivity contribution in [1.82, 2.24) is 4.72 Å². The van der Waals surface area contributed by atoms with E-state index in [1.807, 2.05) is 0 Å². The highest BCUT2D eigenvalue weighted by Crippen LogP contribution is 2.19. The molecule has 1 heterocycles. The summed E-state index contributed by atoms with van der Waals surface area (Å²) < 4.78 is 31.3. The molecule has 0 amide bonds. The van der Waals surface area contributed by atoms with Gasteiger partial charge in [-0.1, -0.05) is 6.07 Å². The molecule has 20 heavy (non-hydrogen) atoms. The van der Waals surface area contributed by atoms with Crippen LogP contribution in [0.3, 0.4) is 0 Å². The minimum absolute atomic E-state index is 0.134. The maximum absolute atomic E-state index is 12.2. The molecule has 0 aliphatic carbocycles. The number of aryl methyl sites for hydroxylation is 1. The highest BCUT2D eigenvalue weighted by Gasteiger charge is 2.32. The topological polar surface area (TPSA) is 110 Å². The maximum Gasteiger partial charge on any atom is 0.335 e. The minimum Gasteiger partial charge on any atom is -0.478 e. The van der Waals surface area contributed by atoms with E-state index in [4.69, 9.17) is 5.11 Å². The van der Waals surface area contributed by atoms with Crippen molar-refractivity contribution in [2.45, 2.75) is 24.3 Å². The number of carboxylic acids is 1. The molecule has 1 fully saturated rings. The third-order valence-corrected chi connectivity index (χ3v) is 4.57. The van der Waals surface area contributed by atoms with Crippen molar-refractivity contribution < 1.29 is 27.9 Å². The Kier molecular flexibility index (Phi) is 3.78. The summed E-state index contributed by atoms with van der Waals surface area (Å²) >= 11 is 0. The van der Waals surface area contributed by atoms with E-state index in [2.05, 4.69) is 9.46 Å². The van der Waals surface area contributed by atoms with E-state index in [9.17, 15) is 18.0 Å². The Morgan fingerprint density at radius 3 is 2.70 bits per heavy atom. The normalized spacial score (nSPS) is 18.9. The van der Waals surface area contributed by atoms with E-state index < -0.39 is 28.0 Å². The molecule has 0 radical (unpaired) electrons. The van der Waals surface area contributed by atoms with Gasteiger partial charge in [0.25, 0.3) is 0 Å². The van der Waals surface area contributed by atoms with Gasteiger partial charge in [0.15, 0.2) is 0 Å². The summed E-state index contributed by atoms with van der Waals surface area (Å²) in [6.07, 6.45) is 0.260. The van der Waals surface area contributed by atoms with Crippen molar-refractivity contribution >= 4 is 22.0 Å². The van der Waals surface area contributed by atoms with Gasteiger partial charge in [0.05, 0.1) is 17.1 Å². The van der Waals surface area contributed by atoms with Crippen LogP contribution in [0, 0.1) is 6.92 Å². The summed E-state index contributed by atoms with van der Waals surface area (Å²) in [6.45, 7) is 1.72. The summed E-state index contributed by atoms with van der Waals surface area (Å²) in [6, 6.07) is 2.87. The SMILES string of the molecule is Cc1ccc(C(=O)O)cc1S(=O)(=O)NC1CCOC1=O. The molecule has 0 aromatic heterocycles. The van der Waals surface area contributed by atoms with E-state index in [1.54, 1.807) is 6.92 Å². The van der Waals surface area contributed by atoms with Crippen LogP contribution in [0.15, 0.2) is 23.1 Å². The number of nitrogens with one attached hydrogen (secondary N) is 1. The molecule has 1 aromatic rings. The number of carbonyl (C=O) groups is 2. The second-order valence-corrected chi connectivity index (χ2v) is 6.10. The highest BCUT2D eigenvalue weighted by atomic mass is 32.2. The van der Waals surface area contributed by atoms with E-state index in [1.165, 1.54) is 12.1 Å². The van der Waals surface area contributed by atoms with Crippen LogP contribution < -0.4 is 4.72 Å². The maximum atomic E-state index is 12.2. The first kappa shape index (κ1) is 14.5. The smallest absolute Gasteiger partial charge is 0.335 e. The first-order valence-electron chi connectivity index (χ1n) is 5.84. The molecule has 0 bridgehead atoms. The van der Waals surface area contributed by atoms with Gasteiger partial charge in [0.2, 0.25) is 10.0 Å². The Morgan fingerprint density at radius 1 is 1.45 bits per heavy atom. The minimum atomic E-state index is -3.98. The number of sulfonamides is 1. The predicted octanol–water partition coefficient (Wildman–Crippen LogP) is 0.287. The Bertz CT molecular complexity index is 667. The number of cyclic esters (lactones) is 1. The van der Waals surface area contributed by atoms with Gasteiger partial charge < -0.3 is 9.84 Å². The molecular formula is C12H13NO6S. The van der Waals surface area contributed by atoms with Crippen LogP contribution in [0.1, 0.15) is 22.3 Å². The first-order valence-corrected chi connectivity index (χ1v) is 7.32. The van der Waals surface area contributed by atoms with Crippen LogP contribution in [0.4, 0.5) is 0 Å². The third-order valence-electron chi connectivity index (χ3n) is 2.96. The number of carbonyl (C=O) groups excluding carboxylic acids is 1. The fraction of sp³-hybridized carbons (Fsp3) is 0.333. The number of hydrogen-bond donors (Lipinski definition) is 2. The largest absolute Gasteiger partial charge is 0.478 e. The number of hydrogen-bond acceptors (Lipinski definition) is 5. The average molecular weight is 299 g/mol. The van der Waals surface area contributed by atoms with E-state index in [-0.39, 0.29) is 23.5 Å². The number of aromatic carboxylic acids is 1. The lowest BCUT2D eigenvalue weighted by Crippen LogP contribution is -2.38. The van der Waals surface area contributed by atoms with Crippen LogP contribution in [-0.2, 0) is 19.6 Å². The fourth-order valence-corrected chi connectivity index (χ4v) is 3.37. The second-order valence-electron chi connectivity index (χ2n) is 4.42. The Morgan fingerprint density at radius 2 is 2.15 bits per heavy atom. The Balaban J connectivity index is 2.36. The molecule has 0 spiro atoms. The molecule has 1 atom stereocenters. The van der Waals surface area contributed by atoms with E-state index >= 15 is 0 Å². The predicted molar refractivity (Wildman–Crippen MR) is 67.8 cm³/mol. The number of carboxylic acid groups (broad SMARTS) is 1. The molecule has 108 valence electrons. The lowest BCUT2D eigenvalue weighted by Gasteiger charge is -2.12.